The molecule has 0 saturated heterocycles. The van der Waals surface area contributed by atoms with E-state index in [1.54, 1.807) is 6.20 Å². The molecule has 0 saturated carbocycles. The smallest absolute Gasteiger partial charge is 0.200 e. The molecule has 5 nitrogen and oxygen atoms in total. The van der Waals surface area contributed by atoms with Crippen LogP contribution in [-0.4, -0.2) is 20.3 Å². The Hall–Kier alpha value is -1.95. The van der Waals surface area contributed by atoms with E-state index in [1.807, 2.05) is 13.0 Å². The molecule has 6 heteroatoms. The van der Waals surface area contributed by atoms with Crippen molar-refractivity contribution < 1.29 is 15.3 Å². The summed E-state index contributed by atoms with van der Waals surface area (Å²) in [6.07, 6.45) is 1.66. The first kappa shape index (κ1) is 13.5. The SMILES string of the molecule is Cc1cc(NCc2ccc(O)c(O)c2O)cnc1Br. The van der Waals surface area contributed by atoms with Gasteiger partial charge in [0.25, 0.3) is 0 Å². The number of benzene rings is 1. The average molecular weight is 325 g/mol. The second-order valence-corrected chi connectivity index (χ2v) is 4.88. The van der Waals surface area contributed by atoms with Crippen LogP contribution in [0.4, 0.5) is 5.69 Å². The third-order valence-corrected chi connectivity index (χ3v) is 3.54. The highest BCUT2D eigenvalue weighted by Crippen LogP contribution is 2.37. The summed E-state index contributed by atoms with van der Waals surface area (Å²) < 4.78 is 0.781. The van der Waals surface area contributed by atoms with Crippen LogP contribution in [0, 0.1) is 6.92 Å². The first-order chi connectivity index (χ1) is 8.99. The third kappa shape index (κ3) is 2.90. The Labute approximate surface area is 118 Å². The molecule has 0 bridgehead atoms. The third-order valence-electron chi connectivity index (χ3n) is 2.71. The first-order valence-electron chi connectivity index (χ1n) is 5.58. The molecule has 1 heterocycles. The zero-order chi connectivity index (χ0) is 14.0. The Kier molecular flexibility index (Phi) is 3.80. The summed E-state index contributed by atoms with van der Waals surface area (Å²) >= 11 is 3.31. The van der Waals surface area contributed by atoms with Crippen LogP contribution in [0.1, 0.15) is 11.1 Å². The number of nitrogens with zero attached hydrogens (tertiary/aromatic N) is 1. The number of phenols is 3. The molecule has 19 heavy (non-hydrogen) atoms. The Morgan fingerprint density at radius 3 is 2.63 bits per heavy atom. The van der Waals surface area contributed by atoms with Gasteiger partial charge < -0.3 is 20.6 Å². The average Bonchev–Trinajstić information content (AvgIpc) is 2.39. The lowest BCUT2D eigenvalue weighted by Crippen LogP contribution is -2.00. The molecule has 0 aliphatic carbocycles. The molecular formula is C13H13BrN2O3. The van der Waals surface area contributed by atoms with Crippen LogP contribution in [0.15, 0.2) is 29.0 Å². The summed E-state index contributed by atoms with van der Waals surface area (Å²) in [7, 11) is 0. The van der Waals surface area contributed by atoms with Crippen LogP contribution in [0.2, 0.25) is 0 Å². The van der Waals surface area contributed by atoms with E-state index in [0.717, 1.165) is 15.9 Å². The van der Waals surface area contributed by atoms with Gasteiger partial charge in [0, 0.05) is 12.1 Å². The number of phenolic OH excluding ortho intramolecular Hbond substituents is 3. The van der Waals surface area contributed by atoms with Crippen molar-refractivity contribution in [1.82, 2.24) is 4.98 Å². The van der Waals surface area contributed by atoms with Gasteiger partial charge in [0.15, 0.2) is 11.5 Å². The number of aromatic hydroxyl groups is 3. The number of halogens is 1. The number of aromatic nitrogens is 1. The number of anilines is 1. The van der Waals surface area contributed by atoms with Gasteiger partial charge in [0.05, 0.1) is 11.9 Å². The molecule has 0 amide bonds. The summed E-state index contributed by atoms with van der Waals surface area (Å²) in [5.41, 5.74) is 2.27. The van der Waals surface area contributed by atoms with E-state index in [-0.39, 0.29) is 11.5 Å². The van der Waals surface area contributed by atoms with Gasteiger partial charge in [0.1, 0.15) is 4.60 Å². The van der Waals surface area contributed by atoms with E-state index in [4.69, 9.17) is 0 Å². The summed E-state index contributed by atoms with van der Waals surface area (Å²) in [6, 6.07) is 4.78. The summed E-state index contributed by atoms with van der Waals surface area (Å²) in [5, 5.41) is 31.4. The van der Waals surface area contributed by atoms with E-state index in [9.17, 15) is 15.3 Å². The minimum atomic E-state index is -0.510. The second kappa shape index (κ2) is 5.36. The molecule has 0 aliphatic rings. The summed E-state index contributed by atoms with van der Waals surface area (Å²) in [6.45, 7) is 2.23. The minimum absolute atomic E-state index is 0.308. The standard InChI is InChI=1S/C13H13BrN2O3/c1-7-4-9(6-16-13(7)14)15-5-8-2-3-10(17)12(19)11(8)18/h2-4,6,15,17-19H,5H2,1H3. The first-order valence-corrected chi connectivity index (χ1v) is 6.37. The number of rotatable bonds is 3. The van der Waals surface area contributed by atoms with Crippen molar-refractivity contribution in [2.45, 2.75) is 13.5 Å². The number of pyridine rings is 1. The molecule has 0 spiro atoms. The fraction of sp³-hybridized carbons (Fsp3) is 0.154. The van der Waals surface area contributed by atoms with Crippen molar-refractivity contribution in [3.63, 3.8) is 0 Å². The molecule has 0 fully saturated rings. The molecule has 2 aromatic rings. The van der Waals surface area contributed by atoms with Gasteiger partial charge in [-0.1, -0.05) is 0 Å². The molecule has 1 aromatic carbocycles. The lowest BCUT2D eigenvalue weighted by molar-refractivity contribution is 0.365. The predicted molar refractivity (Wildman–Crippen MR) is 75.4 cm³/mol. The quantitative estimate of drug-likeness (QED) is 0.515. The van der Waals surface area contributed by atoms with E-state index in [0.29, 0.717) is 12.1 Å². The van der Waals surface area contributed by atoms with Gasteiger partial charge in [0.2, 0.25) is 5.75 Å². The highest BCUT2D eigenvalue weighted by Gasteiger charge is 2.10. The summed E-state index contributed by atoms with van der Waals surface area (Å²) in [5.74, 6) is -1.18. The maximum Gasteiger partial charge on any atom is 0.200 e. The molecule has 1 aromatic heterocycles. The van der Waals surface area contributed by atoms with Crippen LogP contribution < -0.4 is 5.32 Å². The van der Waals surface area contributed by atoms with Crippen molar-refractivity contribution >= 4 is 21.6 Å². The Balaban J connectivity index is 2.14. The number of nitrogens with one attached hydrogen (secondary N) is 1. The topological polar surface area (TPSA) is 85.6 Å². The highest BCUT2D eigenvalue weighted by molar-refractivity contribution is 9.10. The monoisotopic (exact) mass is 324 g/mol. The minimum Gasteiger partial charge on any atom is -0.504 e. The van der Waals surface area contributed by atoms with Gasteiger partial charge in [-0.25, -0.2) is 4.98 Å². The predicted octanol–water partition coefficient (Wildman–Crippen LogP) is 2.88. The molecule has 2 rings (SSSR count). The fourth-order valence-corrected chi connectivity index (χ4v) is 1.82. The summed E-state index contributed by atoms with van der Waals surface area (Å²) in [4.78, 5) is 4.15. The maximum atomic E-state index is 9.68. The van der Waals surface area contributed by atoms with Crippen molar-refractivity contribution in [2.24, 2.45) is 0 Å². The molecular weight excluding hydrogens is 312 g/mol. The molecule has 0 unspecified atom stereocenters. The Morgan fingerprint density at radius 2 is 1.95 bits per heavy atom. The van der Waals surface area contributed by atoms with Crippen LogP contribution in [-0.2, 0) is 6.54 Å². The molecule has 0 aliphatic heterocycles. The molecule has 100 valence electrons. The largest absolute Gasteiger partial charge is 0.504 e. The van der Waals surface area contributed by atoms with E-state index in [1.165, 1.54) is 12.1 Å². The molecule has 0 radical (unpaired) electrons. The van der Waals surface area contributed by atoms with E-state index in [2.05, 4.69) is 26.2 Å². The number of hydrogen-bond donors (Lipinski definition) is 4. The van der Waals surface area contributed by atoms with Crippen LogP contribution in [0.5, 0.6) is 17.2 Å². The normalized spacial score (nSPS) is 10.4. The van der Waals surface area contributed by atoms with Gasteiger partial charge in [-0.3, -0.25) is 0 Å². The zero-order valence-electron chi connectivity index (χ0n) is 10.2. The van der Waals surface area contributed by atoms with Gasteiger partial charge >= 0.3 is 0 Å². The van der Waals surface area contributed by atoms with E-state index >= 15 is 0 Å². The number of hydrogen-bond acceptors (Lipinski definition) is 5. The van der Waals surface area contributed by atoms with Crippen molar-refractivity contribution in [3.8, 4) is 17.2 Å². The van der Waals surface area contributed by atoms with Crippen molar-refractivity contribution in [1.29, 1.82) is 0 Å². The van der Waals surface area contributed by atoms with E-state index < -0.39 is 5.75 Å². The zero-order valence-corrected chi connectivity index (χ0v) is 11.8. The van der Waals surface area contributed by atoms with Gasteiger partial charge in [-0.2, -0.15) is 0 Å². The fourth-order valence-electron chi connectivity index (χ4n) is 1.61. The maximum absolute atomic E-state index is 9.68. The van der Waals surface area contributed by atoms with Crippen LogP contribution in [0.3, 0.4) is 0 Å². The molecule has 4 N–H and O–H groups in total. The van der Waals surface area contributed by atoms with Crippen LogP contribution >= 0.6 is 15.9 Å². The highest BCUT2D eigenvalue weighted by atomic mass is 79.9. The number of aryl methyl sites for hydroxylation is 1. The van der Waals surface area contributed by atoms with Gasteiger partial charge in [-0.15, -0.1) is 0 Å². The van der Waals surface area contributed by atoms with Crippen molar-refractivity contribution in [3.05, 3.63) is 40.1 Å². The lowest BCUT2D eigenvalue weighted by atomic mass is 10.1. The second-order valence-electron chi connectivity index (χ2n) is 4.13. The Morgan fingerprint density at radius 1 is 1.21 bits per heavy atom. The van der Waals surface area contributed by atoms with Crippen LogP contribution in [0.25, 0.3) is 0 Å². The van der Waals surface area contributed by atoms with Crippen molar-refractivity contribution in [2.75, 3.05) is 5.32 Å². The molecule has 0 atom stereocenters. The Bertz CT molecular complexity index is 617. The van der Waals surface area contributed by atoms with Gasteiger partial charge in [-0.05, 0) is 46.6 Å². The lowest BCUT2D eigenvalue weighted by Gasteiger charge is -2.10.